The molecule has 0 atom stereocenters. The summed E-state index contributed by atoms with van der Waals surface area (Å²) in [6.07, 6.45) is 3.19. The van der Waals surface area contributed by atoms with Crippen molar-refractivity contribution in [2.75, 3.05) is 17.7 Å². The second-order valence-corrected chi connectivity index (χ2v) is 5.54. The molecule has 0 bridgehead atoms. The van der Waals surface area contributed by atoms with Gasteiger partial charge in [-0.15, -0.1) is 0 Å². The van der Waals surface area contributed by atoms with E-state index >= 15 is 0 Å². The van der Waals surface area contributed by atoms with Crippen LogP contribution in [0.15, 0.2) is 54.2 Å². The number of nitro benzene ring substituents is 1. The molecule has 0 spiro atoms. The van der Waals surface area contributed by atoms with E-state index in [2.05, 4.69) is 10.6 Å². The predicted molar refractivity (Wildman–Crippen MR) is 93.4 cm³/mol. The van der Waals surface area contributed by atoms with Gasteiger partial charge < -0.3 is 10.6 Å². The van der Waals surface area contributed by atoms with Crippen molar-refractivity contribution in [3.8, 4) is 0 Å². The maximum absolute atomic E-state index is 12.5. The molecule has 0 aliphatic heterocycles. The largest absolute Gasteiger partial charge is 0.386 e. The number of nitrogens with one attached hydrogen (secondary N) is 2. The normalized spacial score (nSPS) is 15.0. The number of rotatable bonds is 4. The van der Waals surface area contributed by atoms with Crippen molar-refractivity contribution in [3.05, 3.63) is 75.5 Å². The Labute approximate surface area is 139 Å². The zero-order valence-electron chi connectivity index (χ0n) is 13.2. The number of nitro groups is 1. The van der Waals surface area contributed by atoms with Crippen molar-refractivity contribution >= 4 is 22.8 Å². The molecule has 0 amide bonds. The number of Topliss-reactive ketones (excluding diaryl/α,β-unsaturated/α-hetero) is 1. The molecular formula is C18H17N3O3. The topological polar surface area (TPSA) is 84.3 Å². The predicted octanol–water partition coefficient (Wildman–Crippen LogP) is 3.76. The number of benzene rings is 2. The van der Waals surface area contributed by atoms with Crippen molar-refractivity contribution in [1.82, 2.24) is 0 Å². The minimum atomic E-state index is -0.440. The van der Waals surface area contributed by atoms with Crippen LogP contribution in [0.25, 0.3) is 0 Å². The third-order valence-electron chi connectivity index (χ3n) is 4.10. The highest BCUT2D eigenvalue weighted by molar-refractivity contribution is 6.10. The van der Waals surface area contributed by atoms with Gasteiger partial charge >= 0.3 is 0 Å². The quantitative estimate of drug-likeness (QED) is 0.508. The van der Waals surface area contributed by atoms with Gasteiger partial charge in [-0.05, 0) is 24.5 Å². The Bertz CT molecular complexity index is 843. The molecule has 2 aromatic carbocycles. The lowest BCUT2D eigenvalue weighted by atomic mass is 9.87. The molecule has 6 heteroatoms. The highest BCUT2D eigenvalue weighted by Gasteiger charge is 2.21. The molecule has 0 aromatic heterocycles. The summed E-state index contributed by atoms with van der Waals surface area (Å²) in [7, 11) is 1.69. The fourth-order valence-corrected chi connectivity index (χ4v) is 2.80. The first-order chi connectivity index (χ1) is 11.6. The van der Waals surface area contributed by atoms with Gasteiger partial charge in [0.05, 0.1) is 16.3 Å². The van der Waals surface area contributed by atoms with E-state index in [4.69, 9.17) is 0 Å². The SMILES string of the molecule is CNc1cc([N+](=O)[O-])ccc1N/C=C1/CCc2ccccc2C1=O. The molecule has 24 heavy (non-hydrogen) atoms. The van der Waals surface area contributed by atoms with E-state index in [0.717, 1.165) is 17.5 Å². The fourth-order valence-electron chi connectivity index (χ4n) is 2.80. The molecule has 0 fully saturated rings. The van der Waals surface area contributed by atoms with Crippen LogP contribution in [0.4, 0.5) is 17.1 Å². The zero-order chi connectivity index (χ0) is 17.1. The lowest BCUT2D eigenvalue weighted by Gasteiger charge is -2.17. The summed E-state index contributed by atoms with van der Waals surface area (Å²) < 4.78 is 0. The molecule has 0 saturated carbocycles. The second kappa shape index (κ2) is 6.54. The van der Waals surface area contributed by atoms with E-state index in [-0.39, 0.29) is 11.5 Å². The molecule has 0 unspecified atom stereocenters. The third kappa shape index (κ3) is 2.99. The van der Waals surface area contributed by atoms with Crippen LogP contribution in [0.2, 0.25) is 0 Å². The molecule has 6 nitrogen and oxygen atoms in total. The third-order valence-corrected chi connectivity index (χ3v) is 4.10. The smallest absolute Gasteiger partial charge is 0.271 e. The van der Waals surface area contributed by atoms with Crippen molar-refractivity contribution in [2.45, 2.75) is 12.8 Å². The van der Waals surface area contributed by atoms with Crippen LogP contribution in [-0.4, -0.2) is 17.8 Å². The maximum Gasteiger partial charge on any atom is 0.271 e. The highest BCUT2D eigenvalue weighted by atomic mass is 16.6. The maximum atomic E-state index is 12.5. The number of carbonyl (C=O) groups excluding carboxylic acids is 1. The molecule has 2 aromatic rings. The summed E-state index contributed by atoms with van der Waals surface area (Å²) in [5.74, 6) is 0.0252. The van der Waals surface area contributed by atoms with Gasteiger partial charge in [0.25, 0.3) is 5.69 Å². The summed E-state index contributed by atoms with van der Waals surface area (Å²) in [5, 5.41) is 16.9. The minimum absolute atomic E-state index is 0.0141. The Hall–Kier alpha value is -3.15. The highest BCUT2D eigenvalue weighted by Crippen LogP contribution is 2.28. The first-order valence-corrected chi connectivity index (χ1v) is 7.64. The average Bonchev–Trinajstić information content (AvgIpc) is 2.61. The average molecular weight is 323 g/mol. The van der Waals surface area contributed by atoms with Gasteiger partial charge in [-0.3, -0.25) is 14.9 Å². The van der Waals surface area contributed by atoms with Gasteiger partial charge in [-0.25, -0.2) is 0 Å². The van der Waals surface area contributed by atoms with Gasteiger partial charge in [-0.2, -0.15) is 0 Å². The molecule has 1 aliphatic carbocycles. The number of hydrogen-bond acceptors (Lipinski definition) is 5. The molecule has 2 N–H and O–H groups in total. The van der Waals surface area contributed by atoms with E-state index in [1.807, 2.05) is 24.3 Å². The van der Waals surface area contributed by atoms with E-state index in [0.29, 0.717) is 23.4 Å². The van der Waals surface area contributed by atoms with E-state index in [1.165, 1.54) is 12.1 Å². The molecule has 0 heterocycles. The van der Waals surface area contributed by atoms with Crippen molar-refractivity contribution in [3.63, 3.8) is 0 Å². The number of allylic oxidation sites excluding steroid dienone is 1. The molecule has 3 rings (SSSR count). The summed E-state index contributed by atoms with van der Waals surface area (Å²) in [5.41, 5.74) is 3.82. The number of non-ortho nitro benzene ring substituents is 1. The monoisotopic (exact) mass is 323 g/mol. The van der Waals surface area contributed by atoms with Crippen molar-refractivity contribution < 1.29 is 9.72 Å². The Morgan fingerprint density at radius 1 is 1.12 bits per heavy atom. The number of anilines is 2. The first kappa shape index (κ1) is 15.7. The Morgan fingerprint density at radius 3 is 2.67 bits per heavy atom. The standard InChI is InChI=1S/C18H17N3O3/c1-19-17-10-14(21(23)24)8-9-16(17)20-11-13-7-6-12-4-2-3-5-15(12)18(13)22/h2-5,8-11,19-20H,6-7H2,1H3/b13-11-. The van der Waals surface area contributed by atoms with Crippen molar-refractivity contribution in [1.29, 1.82) is 0 Å². The summed E-state index contributed by atoms with van der Waals surface area (Å²) in [6, 6.07) is 12.1. The van der Waals surface area contributed by atoms with E-state index < -0.39 is 4.92 Å². The molecule has 1 aliphatic rings. The molecule has 122 valence electrons. The van der Waals surface area contributed by atoms with Crippen LogP contribution in [0.3, 0.4) is 0 Å². The fraction of sp³-hybridized carbons (Fsp3) is 0.167. The second-order valence-electron chi connectivity index (χ2n) is 5.54. The summed E-state index contributed by atoms with van der Waals surface area (Å²) in [4.78, 5) is 22.9. The van der Waals surface area contributed by atoms with E-state index in [9.17, 15) is 14.9 Å². The van der Waals surface area contributed by atoms with Crippen LogP contribution in [0.1, 0.15) is 22.3 Å². The van der Waals surface area contributed by atoms with Gasteiger partial charge in [0.2, 0.25) is 0 Å². The Kier molecular flexibility index (Phi) is 4.29. The van der Waals surface area contributed by atoms with Gasteiger partial charge in [0, 0.05) is 36.5 Å². The summed E-state index contributed by atoms with van der Waals surface area (Å²) >= 11 is 0. The van der Waals surface area contributed by atoms with E-state index in [1.54, 1.807) is 19.3 Å². The number of carbonyl (C=O) groups is 1. The molecule has 0 saturated heterocycles. The molecular weight excluding hydrogens is 306 g/mol. The minimum Gasteiger partial charge on any atom is -0.386 e. The molecule has 0 radical (unpaired) electrons. The van der Waals surface area contributed by atoms with Crippen LogP contribution in [-0.2, 0) is 6.42 Å². The Morgan fingerprint density at radius 2 is 1.92 bits per heavy atom. The van der Waals surface area contributed by atoms with Crippen LogP contribution < -0.4 is 10.6 Å². The number of ketones is 1. The first-order valence-electron chi connectivity index (χ1n) is 7.64. The van der Waals surface area contributed by atoms with Gasteiger partial charge in [-0.1, -0.05) is 24.3 Å². The number of nitrogens with zero attached hydrogens (tertiary/aromatic N) is 1. The number of hydrogen-bond donors (Lipinski definition) is 2. The lowest BCUT2D eigenvalue weighted by Crippen LogP contribution is -2.15. The van der Waals surface area contributed by atoms with Gasteiger partial charge in [0.15, 0.2) is 5.78 Å². The van der Waals surface area contributed by atoms with Crippen LogP contribution in [0, 0.1) is 10.1 Å². The number of fused-ring (bicyclic) bond motifs is 1. The summed E-state index contributed by atoms with van der Waals surface area (Å²) in [6.45, 7) is 0. The van der Waals surface area contributed by atoms with Gasteiger partial charge in [0.1, 0.15) is 0 Å². The number of aryl methyl sites for hydroxylation is 1. The zero-order valence-corrected chi connectivity index (χ0v) is 13.2. The lowest BCUT2D eigenvalue weighted by molar-refractivity contribution is -0.384. The Balaban J connectivity index is 1.84. The van der Waals surface area contributed by atoms with Crippen LogP contribution in [0.5, 0.6) is 0 Å². The van der Waals surface area contributed by atoms with Crippen molar-refractivity contribution in [2.24, 2.45) is 0 Å². The van der Waals surface area contributed by atoms with Crippen LogP contribution >= 0.6 is 0 Å².